The first kappa shape index (κ1) is 17.4. The lowest BCUT2D eigenvalue weighted by Crippen LogP contribution is -2.18. The molecule has 0 N–H and O–H groups in total. The zero-order valence-electron chi connectivity index (χ0n) is 11.8. The molecule has 23 heavy (non-hydrogen) atoms. The van der Waals surface area contributed by atoms with Crippen LogP contribution in [0, 0.1) is 11.3 Å². The van der Waals surface area contributed by atoms with Crippen molar-refractivity contribution in [3.63, 3.8) is 0 Å². The molecule has 120 valence electrons. The van der Waals surface area contributed by atoms with Crippen LogP contribution in [0.25, 0.3) is 11.3 Å². The molecule has 0 saturated heterocycles. The predicted octanol–water partition coefficient (Wildman–Crippen LogP) is 4.63. The van der Waals surface area contributed by atoms with Crippen LogP contribution in [0.2, 0.25) is 0 Å². The Hall–Kier alpha value is -1.91. The van der Waals surface area contributed by atoms with E-state index in [1.54, 1.807) is 5.38 Å². The largest absolute Gasteiger partial charge is 0.416 e. The highest BCUT2D eigenvalue weighted by atomic mass is 35.5. The van der Waals surface area contributed by atoms with E-state index in [1.165, 1.54) is 19.1 Å². The third kappa shape index (κ3) is 3.89. The van der Waals surface area contributed by atoms with Crippen molar-refractivity contribution in [3.8, 4) is 17.3 Å². The van der Waals surface area contributed by atoms with E-state index in [2.05, 4.69) is 4.98 Å². The Morgan fingerprint density at radius 2 is 1.96 bits per heavy atom. The number of alkyl halides is 4. The van der Waals surface area contributed by atoms with Gasteiger partial charge in [-0.1, -0.05) is 12.1 Å². The van der Waals surface area contributed by atoms with E-state index in [-0.39, 0.29) is 5.01 Å². The number of hydrogen-bond acceptors (Lipinski definition) is 4. The molecule has 2 unspecified atom stereocenters. The fourth-order valence-electron chi connectivity index (χ4n) is 1.85. The normalized spacial score (nSPS) is 14.1. The van der Waals surface area contributed by atoms with Crippen molar-refractivity contribution < 1.29 is 18.0 Å². The van der Waals surface area contributed by atoms with E-state index in [1.807, 2.05) is 6.07 Å². The molecule has 0 aliphatic heterocycles. The lowest BCUT2D eigenvalue weighted by atomic mass is 10.0. The summed E-state index contributed by atoms with van der Waals surface area (Å²) in [6.07, 6.45) is -4.40. The van der Waals surface area contributed by atoms with Crippen LogP contribution in [-0.4, -0.2) is 16.1 Å². The number of ketones is 1. The first-order valence-electron chi connectivity index (χ1n) is 6.44. The number of carbonyl (C=O) groups is 1. The maximum absolute atomic E-state index is 12.5. The van der Waals surface area contributed by atoms with Gasteiger partial charge in [-0.25, -0.2) is 4.98 Å². The maximum Gasteiger partial charge on any atom is 0.416 e. The number of hydrogen-bond donors (Lipinski definition) is 0. The van der Waals surface area contributed by atoms with Gasteiger partial charge >= 0.3 is 6.18 Å². The molecule has 0 radical (unpaired) electrons. The predicted molar refractivity (Wildman–Crippen MR) is 81.2 cm³/mol. The van der Waals surface area contributed by atoms with E-state index >= 15 is 0 Å². The molecular weight excluding hydrogens is 349 g/mol. The highest BCUT2D eigenvalue weighted by Gasteiger charge is 2.30. The first-order valence-corrected chi connectivity index (χ1v) is 7.76. The Balaban J connectivity index is 2.29. The minimum atomic E-state index is -4.40. The molecule has 2 aromatic rings. The van der Waals surface area contributed by atoms with Crippen LogP contribution < -0.4 is 0 Å². The number of benzene rings is 1. The summed E-state index contributed by atoms with van der Waals surface area (Å²) in [6.45, 7) is 1.47. The topological polar surface area (TPSA) is 53.8 Å². The molecular formula is C15H10ClF3N2OS. The van der Waals surface area contributed by atoms with Crippen molar-refractivity contribution in [1.29, 1.82) is 5.26 Å². The van der Waals surface area contributed by atoms with Gasteiger partial charge in [-0.3, -0.25) is 4.79 Å². The molecule has 0 amide bonds. The molecule has 1 heterocycles. The number of aromatic nitrogens is 1. The standard InChI is InChI=1S/C15H10ClF3N2OS/c1-8(16)13(22)11(6-20)14-21-12(7-23-14)9-2-4-10(5-3-9)15(17,18)19/h2-5,7-8,11H,1H3. The zero-order chi connectivity index (χ0) is 17.2. The van der Waals surface area contributed by atoms with E-state index < -0.39 is 28.8 Å². The molecule has 8 heteroatoms. The van der Waals surface area contributed by atoms with Gasteiger partial charge in [-0.05, 0) is 19.1 Å². The molecule has 2 rings (SSSR count). The Labute approximate surface area is 139 Å². The molecule has 0 spiro atoms. The van der Waals surface area contributed by atoms with Crippen LogP contribution >= 0.6 is 22.9 Å². The summed E-state index contributed by atoms with van der Waals surface area (Å²) < 4.78 is 37.6. The molecule has 1 aromatic heterocycles. The highest BCUT2D eigenvalue weighted by Crippen LogP contribution is 2.32. The SMILES string of the molecule is CC(Cl)C(=O)C(C#N)c1nc(-c2ccc(C(F)(F)F)cc2)cs1. The van der Waals surface area contributed by atoms with Crippen molar-refractivity contribution in [2.45, 2.75) is 24.4 Å². The molecule has 1 aromatic carbocycles. The van der Waals surface area contributed by atoms with Gasteiger partial charge in [0, 0.05) is 10.9 Å². The van der Waals surface area contributed by atoms with Crippen LogP contribution in [0.1, 0.15) is 23.4 Å². The minimum Gasteiger partial charge on any atom is -0.296 e. The smallest absolute Gasteiger partial charge is 0.296 e. The average Bonchev–Trinajstić information content (AvgIpc) is 2.96. The molecule has 0 fully saturated rings. The molecule has 0 bridgehead atoms. The number of nitriles is 1. The third-order valence-electron chi connectivity index (χ3n) is 3.08. The highest BCUT2D eigenvalue weighted by molar-refractivity contribution is 7.10. The summed E-state index contributed by atoms with van der Waals surface area (Å²) in [5.74, 6) is -1.53. The Morgan fingerprint density at radius 1 is 1.35 bits per heavy atom. The Bertz CT molecular complexity index is 747. The number of rotatable bonds is 4. The monoisotopic (exact) mass is 358 g/mol. The maximum atomic E-state index is 12.5. The second kappa shape index (κ2) is 6.69. The fourth-order valence-corrected chi connectivity index (χ4v) is 2.86. The number of thiazole rings is 1. The molecule has 0 saturated carbocycles. The first-order chi connectivity index (χ1) is 10.7. The van der Waals surface area contributed by atoms with Crippen LogP contribution in [-0.2, 0) is 11.0 Å². The lowest BCUT2D eigenvalue weighted by molar-refractivity contribution is -0.137. The van der Waals surface area contributed by atoms with Crippen LogP contribution in [0.15, 0.2) is 29.6 Å². The average molecular weight is 359 g/mol. The summed E-state index contributed by atoms with van der Waals surface area (Å²) in [5.41, 5.74) is 0.135. The van der Waals surface area contributed by atoms with Crippen LogP contribution in [0.5, 0.6) is 0 Å². The van der Waals surface area contributed by atoms with E-state index in [0.717, 1.165) is 23.5 Å². The van der Waals surface area contributed by atoms with Gasteiger partial charge in [-0.2, -0.15) is 18.4 Å². The van der Waals surface area contributed by atoms with Gasteiger partial charge in [0.05, 0.1) is 22.7 Å². The van der Waals surface area contributed by atoms with E-state index in [0.29, 0.717) is 11.3 Å². The molecule has 0 aliphatic carbocycles. The third-order valence-corrected chi connectivity index (χ3v) is 4.21. The van der Waals surface area contributed by atoms with Gasteiger partial charge in [-0.15, -0.1) is 22.9 Å². The lowest BCUT2D eigenvalue weighted by Gasteiger charge is -2.07. The number of Topliss-reactive ketones (excluding diaryl/α,β-unsaturated/α-hetero) is 1. The fraction of sp³-hybridized carbons (Fsp3) is 0.267. The second-order valence-corrected chi connectivity index (χ2v) is 6.27. The summed E-state index contributed by atoms with van der Waals surface area (Å²) >= 11 is 6.80. The van der Waals surface area contributed by atoms with E-state index in [9.17, 15) is 18.0 Å². The van der Waals surface area contributed by atoms with Crippen molar-refractivity contribution in [2.24, 2.45) is 0 Å². The van der Waals surface area contributed by atoms with E-state index in [4.69, 9.17) is 16.9 Å². The minimum absolute atomic E-state index is 0.278. The van der Waals surface area contributed by atoms with Gasteiger partial charge < -0.3 is 0 Å². The van der Waals surface area contributed by atoms with Gasteiger partial charge in [0.1, 0.15) is 5.01 Å². The van der Waals surface area contributed by atoms with Gasteiger partial charge in [0.2, 0.25) is 0 Å². The Morgan fingerprint density at radius 3 is 2.43 bits per heavy atom. The number of carbonyl (C=O) groups excluding carboxylic acids is 1. The Kier molecular flexibility index (Phi) is 5.07. The summed E-state index contributed by atoms with van der Waals surface area (Å²) in [4.78, 5) is 16.0. The number of nitrogens with zero attached hydrogens (tertiary/aromatic N) is 2. The van der Waals surface area contributed by atoms with Crippen molar-refractivity contribution >= 4 is 28.7 Å². The van der Waals surface area contributed by atoms with Crippen LogP contribution in [0.3, 0.4) is 0 Å². The summed E-state index contributed by atoms with van der Waals surface area (Å²) in [7, 11) is 0. The zero-order valence-corrected chi connectivity index (χ0v) is 13.3. The van der Waals surface area contributed by atoms with Gasteiger partial charge in [0.25, 0.3) is 0 Å². The molecule has 3 nitrogen and oxygen atoms in total. The quantitative estimate of drug-likeness (QED) is 0.748. The summed E-state index contributed by atoms with van der Waals surface area (Å²) in [6, 6.07) is 6.38. The molecule has 0 aliphatic rings. The molecule has 2 atom stereocenters. The number of halogens is 4. The van der Waals surface area contributed by atoms with Crippen molar-refractivity contribution in [1.82, 2.24) is 4.98 Å². The summed E-state index contributed by atoms with van der Waals surface area (Å²) in [5, 5.41) is 10.2. The van der Waals surface area contributed by atoms with Crippen molar-refractivity contribution in [3.05, 3.63) is 40.2 Å². The van der Waals surface area contributed by atoms with Gasteiger partial charge in [0.15, 0.2) is 11.7 Å². The van der Waals surface area contributed by atoms with Crippen LogP contribution in [0.4, 0.5) is 13.2 Å². The van der Waals surface area contributed by atoms with Crippen molar-refractivity contribution in [2.75, 3.05) is 0 Å². The second-order valence-electron chi connectivity index (χ2n) is 4.73.